The van der Waals surface area contributed by atoms with Crippen LogP contribution in [-0.2, 0) is 0 Å². The van der Waals surface area contributed by atoms with Crippen LogP contribution < -0.4 is 5.32 Å². The summed E-state index contributed by atoms with van der Waals surface area (Å²) < 4.78 is 0. The summed E-state index contributed by atoms with van der Waals surface area (Å²) in [4.78, 5) is 15.3. The van der Waals surface area contributed by atoms with Crippen molar-refractivity contribution in [2.24, 2.45) is 5.92 Å². The molecule has 5 nitrogen and oxygen atoms in total. The van der Waals surface area contributed by atoms with Crippen LogP contribution in [0.4, 0.5) is 0 Å². The zero-order chi connectivity index (χ0) is 11.2. The Morgan fingerprint density at radius 3 is 2.94 bits per heavy atom. The first-order valence-corrected chi connectivity index (χ1v) is 6.00. The second-order valence-electron chi connectivity index (χ2n) is 4.38. The molecule has 0 aliphatic heterocycles. The topological polar surface area (TPSA) is 70.7 Å². The Hall–Kier alpha value is -1.39. The van der Waals surface area contributed by atoms with Gasteiger partial charge in [0.05, 0.1) is 0 Å². The summed E-state index contributed by atoms with van der Waals surface area (Å²) >= 11 is 0. The van der Waals surface area contributed by atoms with E-state index in [0.29, 0.717) is 5.82 Å². The number of nitrogens with zero attached hydrogens (tertiary/aromatic N) is 2. The predicted octanol–water partition coefficient (Wildman–Crippen LogP) is 1.50. The fourth-order valence-corrected chi connectivity index (χ4v) is 2.26. The molecule has 1 heterocycles. The maximum atomic E-state index is 11.5. The second-order valence-corrected chi connectivity index (χ2v) is 4.38. The van der Waals surface area contributed by atoms with Crippen LogP contribution in [0.5, 0.6) is 0 Å². The van der Waals surface area contributed by atoms with E-state index in [0.717, 1.165) is 18.9 Å². The van der Waals surface area contributed by atoms with Gasteiger partial charge in [0.1, 0.15) is 6.33 Å². The summed E-state index contributed by atoms with van der Waals surface area (Å²) in [6, 6.07) is 0. The van der Waals surface area contributed by atoms with Gasteiger partial charge in [-0.2, -0.15) is 5.10 Å². The summed E-state index contributed by atoms with van der Waals surface area (Å²) in [7, 11) is 0. The fraction of sp³-hybridized carbons (Fsp3) is 0.727. The minimum absolute atomic E-state index is 0.159. The van der Waals surface area contributed by atoms with Crippen LogP contribution in [0.1, 0.15) is 49.1 Å². The molecule has 1 fully saturated rings. The van der Waals surface area contributed by atoms with Crippen molar-refractivity contribution in [3.8, 4) is 0 Å². The highest BCUT2D eigenvalue weighted by Gasteiger charge is 2.14. The van der Waals surface area contributed by atoms with Gasteiger partial charge in [-0.3, -0.25) is 9.89 Å². The largest absolute Gasteiger partial charge is 0.349 e. The molecule has 16 heavy (non-hydrogen) atoms. The van der Waals surface area contributed by atoms with Gasteiger partial charge in [0.15, 0.2) is 0 Å². The van der Waals surface area contributed by atoms with Crippen molar-refractivity contribution < 1.29 is 4.79 Å². The van der Waals surface area contributed by atoms with E-state index in [2.05, 4.69) is 20.5 Å². The van der Waals surface area contributed by atoms with Crippen molar-refractivity contribution in [2.45, 2.75) is 38.5 Å². The molecule has 5 heteroatoms. The molecule has 2 N–H and O–H groups in total. The highest BCUT2D eigenvalue weighted by atomic mass is 16.2. The number of aromatic nitrogens is 3. The zero-order valence-electron chi connectivity index (χ0n) is 9.41. The van der Waals surface area contributed by atoms with Gasteiger partial charge in [0.25, 0.3) is 5.91 Å². The number of carbonyl (C=O) groups is 1. The Morgan fingerprint density at radius 2 is 2.25 bits per heavy atom. The predicted molar refractivity (Wildman–Crippen MR) is 59.9 cm³/mol. The van der Waals surface area contributed by atoms with Crippen molar-refractivity contribution in [1.29, 1.82) is 0 Å². The molecule has 0 spiro atoms. The first-order valence-electron chi connectivity index (χ1n) is 6.00. The molecule has 88 valence electrons. The summed E-state index contributed by atoms with van der Waals surface area (Å²) in [5, 5.41) is 9.06. The van der Waals surface area contributed by atoms with E-state index >= 15 is 0 Å². The number of aromatic amines is 1. The van der Waals surface area contributed by atoms with Crippen LogP contribution in [-0.4, -0.2) is 27.6 Å². The van der Waals surface area contributed by atoms with Gasteiger partial charge in [-0.1, -0.05) is 32.1 Å². The summed E-state index contributed by atoms with van der Waals surface area (Å²) in [6.07, 6.45) is 9.13. The Balaban J connectivity index is 1.66. The van der Waals surface area contributed by atoms with E-state index in [9.17, 15) is 4.79 Å². The molecule has 0 radical (unpaired) electrons. The van der Waals surface area contributed by atoms with Gasteiger partial charge < -0.3 is 5.32 Å². The number of hydrogen-bond acceptors (Lipinski definition) is 3. The van der Waals surface area contributed by atoms with Crippen molar-refractivity contribution in [3.05, 3.63) is 12.2 Å². The first-order chi connectivity index (χ1) is 7.86. The van der Waals surface area contributed by atoms with Crippen LogP contribution >= 0.6 is 0 Å². The molecule has 0 atom stereocenters. The lowest BCUT2D eigenvalue weighted by Crippen LogP contribution is -2.27. The third-order valence-corrected chi connectivity index (χ3v) is 3.19. The van der Waals surface area contributed by atoms with E-state index < -0.39 is 0 Å². The van der Waals surface area contributed by atoms with Gasteiger partial charge in [0.2, 0.25) is 5.82 Å². The summed E-state index contributed by atoms with van der Waals surface area (Å²) in [5.74, 6) is 0.931. The van der Waals surface area contributed by atoms with E-state index in [4.69, 9.17) is 0 Å². The van der Waals surface area contributed by atoms with Crippen molar-refractivity contribution >= 4 is 5.91 Å². The molecular formula is C11H18N4O. The van der Waals surface area contributed by atoms with Gasteiger partial charge in [-0.25, -0.2) is 4.98 Å². The average molecular weight is 222 g/mol. The van der Waals surface area contributed by atoms with E-state index in [-0.39, 0.29) is 5.91 Å². The smallest absolute Gasteiger partial charge is 0.288 e. The minimum Gasteiger partial charge on any atom is -0.349 e. The minimum atomic E-state index is -0.159. The second kappa shape index (κ2) is 5.63. The molecule has 1 aromatic rings. The Labute approximate surface area is 95.0 Å². The molecule has 0 aromatic carbocycles. The number of carbonyl (C=O) groups excluding carboxylic acids is 1. The van der Waals surface area contributed by atoms with Gasteiger partial charge >= 0.3 is 0 Å². The van der Waals surface area contributed by atoms with Crippen LogP contribution in [0.15, 0.2) is 6.33 Å². The Kier molecular flexibility index (Phi) is 3.91. The normalized spacial score (nSPS) is 17.2. The Bertz CT molecular complexity index is 317. The molecule has 0 unspecified atom stereocenters. The zero-order valence-corrected chi connectivity index (χ0v) is 9.41. The Morgan fingerprint density at radius 1 is 1.44 bits per heavy atom. The fourth-order valence-electron chi connectivity index (χ4n) is 2.26. The number of rotatable bonds is 4. The quantitative estimate of drug-likeness (QED) is 0.811. The first kappa shape index (κ1) is 11.1. The van der Waals surface area contributed by atoms with Gasteiger partial charge in [0, 0.05) is 6.54 Å². The lowest BCUT2D eigenvalue weighted by molar-refractivity contribution is 0.0940. The number of nitrogens with one attached hydrogen (secondary N) is 2. The van der Waals surface area contributed by atoms with Gasteiger partial charge in [-0.05, 0) is 12.3 Å². The summed E-state index contributed by atoms with van der Waals surface area (Å²) in [5.41, 5.74) is 0. The van der Waals surface area contributed by atoms with Crippen molar-refractivity contribution in [3.63, 3.8) is 0 Å². The van der Waals surface area contributed by atoms with Crippen LogP contribution in [0.25, 0.3) is 0 Å². The lowest BCUT2D eigenvalue weighted by atomic mass is 9.87. The van der Waals surface area contributed by atoms with Crippen LogP contribution in [0, 0.1) is 5.92 Å². The molecule has 1 aliphatic carbocycles. The average Bonchev–Trinajstić information content (AvgIpc) is 2.84. The third kappa shape index (κ3) is 3.05. The highest BCUT2D eigenvalue weighted by Crippen LogP contribution is 2.25. The van der Waals surface area contributed by atoms with E-state index in [1.54, 1.807) is 0 Å². The lowest BCUT2D eigenvalue weighted by Gasteiger charge is -2.21. The van der Waals surface area contributed by atoms with Crippen molar-refractivity contribution in [2.75, 3.05) is 6.54 Å². The van der Waals surface area contributed by atoms with Crippen molar-refractivity contribution in [1.82, 2.24) is 20.5 Å². The van der Waals surface area contributed by atoms with Gasteiger partial charge in [-0.15, -0.1) is 0 Å². The molecule has 2 rings (SSSR count). The number of H-pyrrole nitrogens is 1. The SMILES string of the molecule is O=C(NCCC1CCCCC1)c1ncn[nH]1. The van der Waals surface area contributed by atoms with Crippen LogP contribution in [0.3, 0.4) is 0 Å². The number of hydrogen-bond donors (Lipinski definition) is 2. The number of amides is 1. The standard InChI is InChI=1S/C11H18N4O/c16-11(10-13-8-14-15-10)12-7-6-9-4-2-1-3-5-9/h8-9H,1-7H2,(H,12,16)(H,13,14,15). The molecule has 1 amide bonds. The highest BCUT2D eigenvalue weighted by molar-refractivity contribution is 5.90. The van der Waals surface area contributed by atoms with Crippen LogP contribution in [0.2, 0.25) is 0 Å². The third-order valence-electron chi connectivity index (χ3n) is 3.19. The maximum Gasteiger partial charge on any atom is 0.288 e. The molecule has 0 bridgehead atoms. The summed E-state index contributed by atoms with van der Waals surface area (Å²) in [6.45, 7) is 0.740. The monoisotopic (exact) mass is 222 g/mol. The molecular weight excluding hydrogens is 204 g/mol. The maximum absolute atomic E-state index is 11.5. The van der Waals surface area contributed by atoms with E-state index in [1.807, 2.05) is 0 Å². The molecule has 1 aromatic heterocycles. The molecule has 0 saturated heterocycles. The molecule has 1 saturated carbocycles. The molecule has 1 aliphatic rings. The van der Waals surface area contributed by atoms with E-state index in [1.165, 1.54) is 38.4 Å².